The van der Waals surface area contributed by atoms with Gasteiger partial charge in [0.25, 0.3) is 0 Å². The molecule has 0 aromatic carbocycles. The highest BCUT2D eigenvalue weighted by Crippen LogP contribution is 2.19. The van der Waals surface area contributed by atoms with E-state index < -0.39 is 11.9 Å². The summed E-state index contributed by atoms with van der Waals surface area (Å²) in [4.78, 5) is 33.1. The smallest absolute Gasteiger partial charge is 0.241 e. The lowest BCUT2D eigenvalue weighted by Gasteiger charge is -2.28. The van der Waals surface area contributed by atoms with Crippen molar-refractivity contribution < 1.29 is 9.59 Å². The Morgan fingerprint density at radius 1 is 1.45 bits per heavy atom. The molecule has 120 valence electrons. The number of thioether (sulfide) groups is 1. The highest BCUT2D eigenvalue weighted by molar-refractivity contribution is 7.99. The lowest BCUT2D eigenvalue weighted by atomic mass is 10.2. The first-order valence-electron chi connectivity index (χ1n) is 6.83. The molecule has 8 heteroatoms. The maximum Gasteiger partial charge on any atom is 0.241 e. The van der Waals surface area contributed by atoms with Gasteiger partial charge < -0.3 is 11.5 Å². The molecule has 2 amide bonds. The van der Waals surface area contributed by atoms with Crippen LogP contribution in [0.15, 0.2) is 29.5 Å². The number of nitrogens with two attached hydrogens (primary N) is 2. The van der Waals surface area contributed by atoms with E-state index in [4.69, 9.17) is 11.5 Å². The molecule has 0 unspecified atom stereocenters. The monoisotopic (exact) mass is 323 g/mol. The average molecular weight is 323 g/mol. The predicted molar refractivity (Wildman–Crippen MR) is 90.1 cm³/mol. The van der Waals surface area contributed by atoms with Crippen LogP contribution < -0.4 is 16.4 Å². The second-order valence-corrected chi connectivity index (χ2v) is 5.56. The van der Waals surface area contributed by atoms with Crippen LogP contribution in [0.25, 0.3) is 0 Å². The van der Waals surface area contributed by atoms with Crippen molar-refractivity contribution in [1.29, 1.82) is 0 Å². The van der Waals surface area contributed by atoms with E-state index in [0.29, 0.717) is 24.5 Å². The highest BCUT2D eigenvalue weighted by atomic mass is 32.2. The SMILES string of the molecule is CC(=O)N(c1ccncc1)[C@@H](CSCCN=CCN)C(N)=O. The van der Waals surface area contributed by atoms with Gasteiger partial charge in [-0.2, -0.15) is 11.8 Å². The number of primary amides is 1. The van der Waals surface area contributed by atoms with Crippen LogP contribution in [-0.2, 0) is 9.59 Å². The van der Waals surface area contributed by atoms with Crippen LogP contribution in [0.3, 0.4) is 0 Å². The molecule has 1 aromatic rings. The van der Waals surface area contributed by atoms with Gasteiger partial charge in [-0.25, -0.2) is 0 Å². The summed E-state index contributed by atoms with van der Waals surface area (Å²) in [6.45, 7) is 2.43. The van der Waals surface area contributed by atoms with E-state index >= 15 is 0 Å². The number of pyridine rings is 1. The third kappa shape index (κ3) is 5.82. The lowest BCUT2D eigenvalue weighted by molar-refractivity contribution is -0.123. The number of aliphatic imine (C=N–C) groups is 1. The third-order valence-electron chi connectivity index (χ3n) is 2.80. The van der Waals surface area contributed by atoms with E-state index in [0.717, 1.165) is 5.75 Å². The number of carbonyl (C=O) groups excluding carboxylic acids is 2. The molecule has 22 heavy (non-hydrogen) atoms. The standard InChI is InChI=1S/C14H21N5O2S/c1-11(20)19(12-2-5-17-6-3-12)13(14(16)21)10-22-9-8-18-7-4-15/h2-3,5-7,13H,4,8-10,15H2,1H3,(H2,16,21)/t13-/m0/s1. The first kappa shape index (κ1) is 18.1. The molecule has 7 nitrogen and oxygen atoms in total. The van der Waals surface area contributed by atoms with Gasteiger partial charge >= 0.3 is 0 Å². The van der Waals surface area contributed by atoms with Crippen molar-refractivity contribution in [2.45, 2.75) is 13.0 Å². The van der Waals surface area contributed by atoms with Crippen molar-refractivity contribution in [2.75, 3.05) is 29.5 Å². The Morgan fingerprint density at radius 3 is 2.68 bits per heavy atom. The van der Waals surface area contributed by atoms with E-state index in [1.54, 1.807) is 30.7 Å². The zero-order valence-corrected chi connectivity index (χ0v) is 13.3. The van der Waals surface area contributed by atoms with Gasteiger partial charge in [-0.1, -0.05) is 0 Å². The van der Waals surface area contributed by atoms with Gasteiger partial charge in [-0.15, -0.1) is 0 Å². The van der Waals surface area contributed by atoms with Crippen molar-refractivity contribution >= 4 is 35.5 Å². The third-order valence-corrected chi connectivity index (χ3v) is 3.82. The van der Waals surface area contributed by atoms with E-state index in [9.17, 15) is 9.59 Å². The van der Waals surface area contributed by atoms with Gasteiger partial charge in [-0.3, -0.25) is 24.5 Å². The van der Waals surface area contributed by atoms with Gasteiger partial charge in [0.15, 0.2) is 0 Å². The van der Waals surface area contributed by atoms with E-state index in [1.165, 1.54) is 23.6 Å². The summed E-state index contributed by atoms with van der Waals surface area (Å²) < 4.78 is 0. The topological polar surface area (TPSA) is 115 Å². The maximum absolute atomic E-state index is 11.9. The molecule has 0 radical (unpaired) electrons. The maximum atomic E-state index is 11.9. The van der Waals surface area contributed by atoms with Crippen molar-refractivity contribution in [2.24, 2.45) is 16.5 Å². The highest BCUT2D eigenvalue weighted by Gasteiger charge is 2.27. The van der Waals surface area contributed by atoms with Crippen molar-refractivity contribution in [3.05, 3.63) is 24.5 Å². The van der Waals surface area contributed by atoms with Crippen LogP contribution in [0, 0.1) is 0 Å². The van der Waals surface area contributed by atoms with Crippen molar-refractivity contribution in [1.82, 2.24) is 4.98 Å². The van der Waals surface area contributed by atoms with Crippen LogP contribution in [0.2, 0.25) is 0 Å². The Kier molecular flexibility index (Phi) is 8.16. The summed E-state index contributed by atoms with van der Waals surface area (Å²) in [6.07, 6.45) is 4.78. The fraction of sp³-hybridized carbons (Fsp3) is 0.429. The largest absolute Gasteiger partial charge is 0.368 e. The number of rotatable bonds is 9. The van der Waals surface area contributed by atoms with Crippen molar-refractivity contribution in [3.8, 4) is 0 Å². The number of nitrogens with zero attached hydrogens (tertiary/aromatic N) is 3. The number of hydrogen-bond donors (Lipinski definition) is 2. The minimum absolute atomic E-state index is 0.239. The minimum Gasteiger partial charge on any atom is -0.368 e. The van der Waals surface area contributed by atoms with Gasteiger partial charge in [0, 0.05) is 55.8 Å². The van der Waals surface area contributed by atoms with Crippen molar-refractivity contribution in [3.63, 3.8) is 0 Å². The second kappa shape index (κ2) is 9.91. The normalized spacial score (nSPS) is 12.3. The zero-order valence-electron chi connectivity index (χ0n) is 12.5. The number of hydrogen-bond acceptors (Lipinski definition) is 6. The first-order valence-corrected chi connectivity index (χ1v) is 7.98. The molecular formula is C14H21N5O2S. The Morgan fingerprint density at radius 2 is 2.14 bits per heavy atom. The summed E-state index contributed by atoms with van der Waals surface area (Å²) >= 11 is 1.52. The van der Waals surface area contributed by atoms with E-state index in [2.05, 4.69) is 9.98 Å². The Labute approximate surface area is 134 Å². The quantitative estimate of drug-likeness (QED) is 0.492. The molecule has 0 aliphatic heterocycles. The summed E-state index contributed by atoms with van der Waals surface area (Å²) in [7, 11) is 0. The Hall–Kier alpha value is -1.93. The van der Waals surface area contributed by atoms with E-state index in [1.807, 2.05) is 0 Å². The molecule has 0 fully saturated rings. The second-order valence-electron chi connectivity index (χ2n) is 4.41. The van der Waals surface area contributed by atoms with Gasteiger partial charge in [0.05, 0.1) is 0 Å². The molecule has 0 spiro atoms. The molecular weight excluding hydrogens is 302 g/mol. The van der Waals surface area contributed by atoms with Gasteiger partial charge in [0.1, 0.15) is 6.04 Å². The minimum atomic E-state index is -0.705. The number of carbonyl (C=O) groups is 2. The van der Waals surface area contributed by atoms with E-state index in [-0.39, 0.29) is 5.91 Å². The van der Waals surface area contributed by atoms with Crippen LogP contribution in [0.5, 0.6) is 0 Å². The molecule has 0 aliphatic carbocycles. The fourth-order valence-electron chi connectivity index (χ4n) is 1.85. The molecule has 1 atom stereocenters. The molecule has 1 rings (SSSR count). The van der Waals surface area contributed by atoms with Crippen LogP contribution in [-0.4, -0.2) is 53.6 Å². The van der Waals surface area contributed by atoms with Crippen LogP contribution >= 0.6 is 11.8 Å². The van der Waals surface area contributed by atoms with Crippen LogP contribution in [0.4, 0.5) is 5.69 Å². The summed E-state index contributed by atoms with van der Waals surface area (Å²) in [5, 5.41) is 0. The first-order chi connectivity index (χ1) is 10.6. The number of amides is 2. The van der Waals surface area contributed by atoms with Crippen LogP contribution in [0.1, 0.15) is 6.92 Å². The predicted octanol–water partition coefficient (Wildman–Crippen LogP) is 0.0511. The number of aromatic nitrogens is 1. The lowest BCUT2D eigenvalue weighted by Crippen LogP contribution is -2.49. The Bertz CT molecular complexity index is 509. The fourth-order valence-corrected chi connectivity index (χ4v) is 2.79. The van der Waals surface area contributed by atoms with Gasteiger partial charge in [0.2, 0.25) is 11.8 Å². The average Bonchev–Trinajstić information content (AvgIpc) is 2.49. The summed E-state index contributed by atoms with van der Waals surface area (Å²) in [6, 6.07) is 2.64. The zero-order chi connectivity index (χ0) is 16.4. The summed E-state index contributed by atoms with van der Waals surface area (Å²) in [5.41, 5.74) is 11.4. The molecule has 4 N–H and O–H groups in total. The number of anilines is 1. The Balaban J connectivity index is 2.72. The molecule has 0 saturated carbocycles. The molecule has 1 heterocycles. The van der Waals surface area contributed by atoms with Gasteiger partial charge in [-0.05, 0) is 12.1 Å². The molecule has 0 saturated heterocycles. The summed E-state index contributed by atoms with van der Waals surface area (Å²) in [5.74, 6) is 0.360. The molecule has 0 bridgehead atoms. The molecule has 0 aliphatic rings. The molecule has 1 aromatic heterocycles.